The molecule has 0 radical (unpaired) electrons. The highest BCUT2D eigenvalue weighted by Crippen LogP contribution is 2.23. The van der Waals surface area contributed by atoms with E-state index in [-0.39, 0.29) is 5.69 Å². The number of rotatable bonds is 6. The first-order chi connectivity index (χ1) is 12.6. The average molecular weight is 388 g/mol. The number of thioether (sulfide) groups is 1. The molecule has 1 heterocycles. The lowest BCUT2D eigenvalue weighted by Crippen LogP contribution is -2.19. The van der Waals surface area contributed by atoms with E-state index in [0.29, 0.717) is 10.9 Å². The highest BCUT2D eigenvalue weighted by Gasteiger charge is 2.10. The summed E-state index contributed by atoms with van der Waals surface area (Å²) >= 11 is 3.04. The van der Waals surface area contributed by atoms with Gasteiger partial charge in [-0.1, -0.05) is 53.3 Å². The van der Waals surface area contributed by atoms with Crippen molar-refractivity contribution in [3.8, 4) is 0 Å². The van der Waals surface area contributed by atoms with Crippen LogP contribution in [0.15, 0.2) is 48.5 Å². The van der Waals surface area contributed by atoms with E-state index in [0.717, 1.165) is 10.8 Å². The Hall–Kier alpha value is -2.45. The standard InChI is InChI=1S/C18H17FN4OS2/c1-12-5-4-6-13(9-12)10-25-11-16-22-23-18(26-16)21-17(24)20-15-8-3-2-7-14(15)19/h2-9H,10-11H2,1H3,(H2,20,21,23,24). The van der Waals surface area contributed by atoms with Crippen molar-refractivity contribution in [3.63, 3.8) is 0 Å². The molecule has 0 unspecified atom stereocenters. The molecule has 0 saturated carbocycles. The number of halogens is 1. The van der Waals surface area contributed by atoms with Crippen molar-refractivity contribution in [2.75, 3.05) is 10.6 Å². The number of carbonyl (C=O) groups excluding carboxylic acids is 1. The third kappa shape index (κ3) is 5.27. The van der Waals surface area contributed by atoms with E-state index in [2.05, 4.69) is 46.0 Å². The van der Waals surface area contributed by atoms with Crippen LogP contribution in [0.1, 0.15) is 16.1 Å². The van der Waals surface area contributed by atoms with Crippen LogP contribution in [-0.4, -0.2) is 16.2 Å². The fourth-order valence-electron chi connectivity index (χ4n) is 2.23. The summed E-state index contributed by atoms with van der Waals surface area (Å²) in [4.78, 5) is 11.9. The van der Waals surface area contributed by atoms with Gasteiger partial charge in [0.15, 0.2) is 0 Å². The normalized spacial score (nSPS) is 10.5. The first-order valence-corrected chi connectivity index (χ1v) is 9.85. The lowest BCUT2D eigenvalue weighted by molar-refractivity contribution is 0.262. The van der Waals surface area contributed by atoms with Gasteiger partial charge in [0.05, 0.1) is 5.69 Å². The Kier molecular flexibility index (Phi) is 6.19. The molecule has 2 aromatic carbocycles. The zero-order valence-electron chi connectivity index (χ0n) is 14.0. The number of hydrogen-bond donors (Lipinski definition) is 2. The van der Waals surface area contributed by atoms with E-state index in [1.807, 2.05) is 6.07 Å². The quantitative estimate of drug-likeness (QED) is 0.619. The number of aryl methyl sites for hydroxylation is 1. The second-order valence-electron chi connectivity index (χ2n) is 5.54. The van der Waals surface area contributed by atoms with Crippen molar-refractivity contribution >= 4 is 39.9 Å². The van der Waals surface area contributed by atoms with E-state index >= 15 is 0 Å². The van der Waals surface area contributed by atoms with Crippen molar-refractivity contribution in [1.29, 1.82) is 0 Å². The number of amides is 2. The minimum atomic E-state index is -0.551. The predicted molar refractivity (Wildman–Crippen MR) is 105 cm³/mol. The summed E-state index contributed by atoms with van der Waals surface area (Å²) in [5, 5.41) is 14.2. The number of nitrogens with zero attached hydrogens (tertiary/aromatic N) is 2. The van der Waals surface area contributed by atoms with E-state index < -0.39 is 11.8 Å². The number of hydrogen-bond acceptors (Lipinski definition) is 5. The minimum Gasteiger partial charge on any atom is -0.305 e. The summed E-state index contributed by atoms with van der Waals surface area (Å²) in [5.74, 6) is 1.10. The van der Waals surface area contributed by atoms with Crippen molar-refractivity contribution in [3.05, 3.63) is 70.5 Å². The van der Waals surface area contributed by atoms with Gasteiger partial charge < -0.3 is 5.32 Å². The van der Waals surface area contributed by atoms with E-state index in [1.54, 1.807) is 23.9 Å². The highest BCUT2D eigenvalue weighted by molar-refractivity contribution is 7.97. The molecule has 0 aliphatic rings. The Balaban J connectivity index is 1.48. The molecule has 26 heavy (non-hydrogen) atoms. The zero-order chi connectivity index (χ0) is 18.4. The Morgan fingerprint density at radius 3 is 2.77 bits per heavy atom. The van der Waals surface area contributed by atoms with Gasteiger partial charge in [-0.15, -0.1) is 22.0 Å². The van der Waals surface area contributed by atoms with Crippen LogP contribution in [0.2, 0.25) is 0 Å². The van der Waals surface area contributed by atoms with Gasteiger partial charge in [0.2, 0.25) is 5.13 Å². The Morgan fingerprint density at radius 2 is 1.96 bits per heavy atom. The molecule has 2 amide bonds. The Labute approximate surface area is 159 Å². The van der Waals surface area contributed by atoms with Crippen LogP contribution in [0, 0.1) is 12.7 Å². The summed E-state index contributed by atoms with van der Waals surface area (Å²) in [6.07, 6.45) is 0. The molecule has 0 bridgehead atoms. The van der Waals surface area contributed by atoms with Gasteiger partial charge in [0.1, 0.15) is 10.8 Å². The molecular weight excluding hydrogens is 371 g/mol. The molecule has 3 aromatic rings. The molecular formula is C18H17FN4OS2. The van der Waals surface area contributed by atoms with E-state index in [9.17, 15) is 9.18 Å². The average Bonchev–Trinajstić information content (AvgIpc) is 3.04. The SMILES string of the molecule is Cc1cccc(CSCc2nnc(NC(=O)Nc3ccccc3F)s2)c1. The molecule has 8 heteroatoms. The summed E-state index contributed by atoms with van der Waals surface area (Å²) in [5.41, 5.74) is 2.62. The molecule has 0 saturated heterocycles. The summed E-state index contributed by atoms with van der Waals surface area (Å²) < 4.78 is 13.5. The fraction of sp³-hybridized carbons (Fsp3) is 0.167. The maximum atomic E-state index is 13.5. The number of aromatic nitrogens is 2. The second-order valence-corrected chi connectivity index (χ2v) is 7.59. The molecule has 0 aliphatic heterocycles. The van der Waals surface area contributed by atoms with Crippen LogP contribution in [0.3, 0.4) is 0 Å². The van der Waals surface area contributed by atoms with Gasteiger partial charge in [0, 0.05) is 11.5 Å². The zero-order valence-corrected chi connectivity index (χ0v) is 15.7. The van der Waals surface area contributed by atoms with Crippen molar-refractivity contribution in [2.45, 2.75) is 18.4 Å². The topological polar surface area (TPSA) is 66.9 Å². The van der Waals surface area contributed by atoms with Crippen LogP contribution in [0.4, 0.5) is 20.0 Å². The highest BCUT2D eigenvalue weighted by atomic mass is 32.2. The molecule has 0 aliphatic carbocycles. The van der Waals surface area contributed by atoms with Crippen molar-refractivity contribution in [1.82, 2.24) is 10.2 Å². The molecule has 1 aromatic heterocycles. The van der Waals surface area contributed by atoms with Gasteiger partial charge in [-0.25, -0.2) is 9.18 Å². The first kappa shape index (κ1) is 18.3. The van der Waals surface area contributed by atoms with Crippen LogP contribution in [0.5, 0.6) is 0 Å². The minimum absolute atomic E-state index is 0.114. The lowest BCUT2D eigenvalue weighted by atomic mass is 10.2. The number of urea groups is 1. The van der Waals surface area contributed by atoms with Crippen molar-refractivity contribution < 1.29 is 9.18 Å². The number of carbonyl (C=O) groups is 1. The summed E-state index contributed by atoms with van der Waals surface area (Å²) in [6, 6.07) is 13.8. The van der Waals surface area contributed by atoms with Crippen LogP contribution < -0.4 is 10.6 Å². The Bertz CT molecular complexity index is 900. The molecule has 3 rings (SSSR count). The first-order valence-electron chi connectivity index (χ1n) is 7.88. The molecule has 5 nitrogen and oxygen atoms in total. The van der Waals surface area contributed by atoms with Crippen LogP contribution in [0.25, 0.3) is 0 Å². The van der Waals surface area contributed by atoms with Crippen LogP contribution in [-0.2, 0) is 11.5 Å². The smallest absolute Gasteiger partial charge is 0.305 e. The number of nitrogens with one attached hydrogen (secondary N) is 2. The van der Waals surface area contributed by atoms with Gasteiger partial charge >= 0.3 is 6.03 Å². The number of anilines is 2. The monoisotopic (exact) mass is 388 g/mol. The van der Waals surface area contributed by atoms with E-state index in [1.165, 1.54) is 34.6 Å². The maximum absolute atomic E-state index is 13.5. The molecule has 0 fully saturated rings. The van der Waals surface area contributed by atoms with Crippen molar-refractivity contribution in [2.24, 2.45) is 0 Å². The summed E-state index contributed by atoms with van der Waals surface area (Å²) in [6.45, 7) is 2.07. The lowest BCUT2D eigenvalue weighted by Gasteiger charge is -2.05. The number of benzene rings is 2. The third-order valence-electron chi connectivity index (χ3n) is 3.39. The maximum Gasteiger partial charge on any atom is 0.325 e. The van der Waals surface area contributed by atoms with Gasteiger partial charge in [0.25, 0.3) is 0 Å². The molecule has 134 valence electrons. The molecule has 0 atom stereocenters. The number of para-hydroxylation sites is 1. The molecule has 0 spiro atoms. The van der Waals surface area contributed by atoms with Gasteiger partial charge in [-0.2, -0.15) is 0 Å². The largest absolute Gasteiger partial charge is 0.325 e. The Morgan fingerprint density at radius 1 is 1.12 bits per heavy atom. The molecule has 2 N–H and O–H groups in total. The van der Waals surface area contributed by atoms with Crippen LogP contribution >= 0.6 is 23.1 Å². The summed E-state index contributed by atoms with van der Waals surface area (Å²) in [7, 11) is 0. The predicted octanol–water partition coefficient (Wildman–Crippen LogP) is 5.06. The third-order valence-corrected chi connectivity index (χ3v) is 5.42. The van der Waals surface area contributed by atoms with E-state index in [4.69, 9.17) is 0 Å². The van der Waals surface area contributed by atoms with Gasteiger partial charge in [-0.3, -0.25) is 5.32 Å². The van der Waals surface area contributed by atoms with Gasteiger partial charge in [-0.05, 0) is 24.6 Å². The second kappa shape index (κ2) is 8.77. The fourth-order valence-corrected chi connectivity index (χ4v) is 4.00.